The van der Waals surface area contributed by atoms with Crippen molar-refractivity contribution >= 4 is 22.5 Å². The molecule has 2 atom stereocenters. The number of ether oxygens (including phenoxy) is 3. The number of likely N-dealkylation sites (tertiary alicyclic amines) is 1. The van der Waals surface area contributed by atoms with Crippen LogP contribution in [0.25, 0.3) is 22.2 Å². The van der Waals surface area contributed by atoms with E-state index in [9.17, 15) is 13.2 Å². The van der Waals surface area contributed by atoms with Crippen LogP contribution in [0.15, 0.2) is 6.07 Å². The van der Waals surface area contributed by atoms with Crippen LogP contribution in [0.5, 0.6) is 11.9 Å². The van der Waals surface area contributed by atoms with E-state index in [1.165, 1.54) is 7.11 Å². The molecule has 3 aromatic heterocycles. The Balaban J connectivity index is 0.00000230. The Bertz CT molecular complexity index is 1640. The van der Waals surface area contributed by atoms with E-state index in [1.807, 2.05) is 13.8 Å². The highest BCUT2D eigenvalue weighted by Crippen LogP contribution is 2.48. The smallest absolute Gasteiger partial charge is 0.418 e. The van der Waals surface area contributed by atoms with Crippen LogP contribution < -0.4 is 25.8 Å². The van der Waals surface area contributed by atoms with E-state index in [-0.39, 0.29) is 59.6 Å². The molecule has 2 fully saturated rings. The highest BCUT2D eigenvalue weighted by atomic mass is 19.4. The van der Waals surface area contributed by atoms with Gasteiger partial charge in [-0.25, -0.2) is 18.7 Å². The number of nitrogens with one attached hydrogen (secondary N) is 2. The Labute approximate surface area is 282 Å². The normalized spacial score (nSPS) is 22.4. The Morgan fingerprint density at radius 1 is 1.08 bits per heavy atom. The number of pyridine rings is 2. The number of aryl methyl sites for hydroxylation is 1. The average Bonchev–Trinajstić information content (AvgIpc) is 3.71. The Hall–Kier alpha value is -3.63. The predicted octanol–water partition coefficient (Wildman–Crippen LogP) is 5.55. The van der Waals surface area contributed by atoms with Crippen LogP contribution in [0.1, 0.15) is 57.7 Å². The number of nitrogens with zero attached hydrogens (tertiary/aromatic N) is 5. The van der Waals surface area contributed by atoms with Crippen LogP contribution in [0, 0.1) is 18.2 Å². The molecule has 5 heterocycles. The molecule has 1 saturated heterocycles. The second-order valence-electron chi connectivity index (χ2n) is 12.9. The zero-order valence-corrected chi connectivity index (χ0v) is 28.6. The lowest BCUT2D eigenvalue weighted by Gasteiger charge is -2.25. The fraction of sp³-hybridized carbons (Fsp3) is 0.636. The fourth-order valence-electron chi connectivity index (χ4n) is 6.41. The molecular formula is C33H45F5N8O3. The molecule has 11 nitrogen and oxygen atoms in total. The number of rotatable bonds is 8. The van der Waals surface area contributed by atoms with Gasteiger partial charge in [0.15, 0.2) is 5.82 Å². The molecule has 270 valence electrons. The summed E-state index contributed by atoms with van der Waals surface area (Å²) in [5.74, 6) is -1.30. The number of anilines is 2. The third-order valence-corrected chi connectivity index (χ3v) is 8.93. The van der Waals surface area contributed by atoms with E-state index in [1.54, 1.807) is 6.92 Å². The zero-order valence-electron chi connectivity index (χ0n) is 28.6. The summed E-state index contributed by atoms with van der Waals surface area (Å²) in [6.45, 7) is 10.2. The minimum Gasteiger partial charge on any atom is -0.474 e. The van der Waals surface area contributed by atoms with Crippen molar-refractivity contribution in [3.05, 3.63) is 23.1 Å². The number of hydrogen-bond acceptors (Lipinski definition) is 11. The van der Waals surface area contributed by atoms with Gasteiger partial charge in [0, 0.05) is 50.8 Å². The molecule has 0 amide bonds. The van der Waals surface area contributed by atoms with E-state index in [4.69, 9.17) is 19.9 Å². The van der Waals surface area contributed by atoms with Gasteiger partial charge in [0.2, 0.25) is 5.88 Å². The summed E-state index contributed by atoms with van der Waals surface area (Å²) in [6.07, 6.45) is -2.69. The van der Waals surface area contributed by atoms with E-state index >= 15 is 8.78 Å². The van der Waals surface area contributed by atoms with Gasteiger partial charge in [0.05, 0.1) is 30.6 Å². The first kappa shape index (κ1) is 36.6. The minimum absolute atomic E-state index is 0.0340. The van der Waals surface area contributed by atoms with E-state index in [0.717, 1.165) is 25.8 Å². The first-order valence-electron chi connectivity index (χ1n) is 16.7. The van der Waals surface area contributed by atoms with Crippen LogP contribution in [-0.2, 0) is 10.9 Å². The van der Waals surface area contributed by atoms with Gasteiger partial charge in [0.1, 0.15) is 33.9 Å². The average molecular weight is 697 g/mol. The van der Waals surface area contributed by atoms with Gasteiger partial charge < -0.3 is 30.6 Å². The molecule has 3 aromatic rings. The topological polar surface area (TPSA) is 133 Å². The first-order valence-corrected chi connectivity index (χ1v) is 16.7. The summed E-state index contributed by atoms with van der Waals surface area (Å²) >= 11 is 0. The van der Waals surface area contributed by atoms with Crippen molar-refractivity contribution < 1.29 is 36.2 Å². The summed E-state index contributed by atoms with van der Waals surface area (Å²) in [4.78, 5) is 19.1. The van der Waals surface area contributed by atoms with Gasteiger partial charge >= 0.3 is 12.2 Å². The lowest BCUT2D eigenvalue weighted by atomic mass is 10.0. The van der Waals surface area contributed by atoms with Gasteiger partial charge in [-0.2, -0.15) is 23.1 Å². The van der Waals surface area contributed by atoms with Crippen molar-refractivity contribution in [3.8, 4) is 23.1 Å². The quantitative estimate of drug-likeness (QED) is 0.256. The summed E-state index contributed by atoms with van der Waals surface area (Å²) < 4.78 is 91.8. The number of nitrogens with two attached hydrogens (primary N) is 1. The molecule has 0 aromatic carbocycles. The number of hydrogen-bond donors (Lipinski definition) is 3. The second kappa shape index (κ2) is 14.7. The lowest BCUT2D eigenvalue weighted by Crippen LogP contribution is -2.37. The number of nitrogen functional groups attached to an aromatic ring is 1. The van der Waals surface area contributed by atoms with Crippen LogP contribution in [0.4, 0.5) is 33.6 Å². The van der Waals surface area contributed by atoms with Crippen LogP contribution in [0.2, 0.25) is 0 Å². The van der Waals surface area contributed by atoms with Gasteiger partial charge in [-0.3, -0.25) is 4.90 Å². The summed E-state index contributed by atoms with van der Waals surface area (Å²) in [5.41, 5.74) is 1.08. The van der Waals surface area contributed by atoms with Crippen molar-refractivity contribution in [2.45, 2.75) is 71.3 Å². The van der Waals surface area contributed by atoms with Crippen molar-refractivity contribution in [2.24, 2.45) is 5.41 Å². The van der Waals surface area contributed by atoms with E-state index in [0.29, 0.717) is 45.6 Å². The maximum atomic E-state index is 16.6. The SMILES string of the molecule is CC.COCC1(F)CCN(CC2(COc3nc4c5c(nc(-c6cc(N)nc(C)c6C(F)(F)F)c(F)c5n3)OC(C)CCNCCN4)CC2)C1. The Morgan fingerprint density at radius 3 is 2.53 bits per heavy atom. The molecule has 4 N–H and O–H groups in total. The lowest BCUT2D eigenvalue weighted by molar-refractivity contribution is -0.137. The van der Waals surface area contributed by atoms with Gasteiger partial charge in [0.25, 0.3) is 0 Å². The maximum Gasteiger partial charge on any atom is 0.418 e. The van der Waals surface area contributed by atoms with Gasteiger partial charge in [-0.1, -0.05) is 13.8 Å². The number of methoxy groups -OCH3 is 1. The Kier molecular flexibility index (Phi) is 11.0. The maximum absolute atomic E-state index is 16.6. The van der Waals surface area contributed by atoms with E-state index < -0.39 is 46.3 Å². The number of alkyl halides is 4. The molecule has 1 aliphatic carbocycles. The fourth-order valence-corrected chi connectivity index (χ4v) is 6.41. The van der Waals surface area contributed by atoms with Crippen molar-refractivity contribution in [3.63, 3.8) is 0 Å². The van der Waals surface area contributed by atoms with Gasteiger partial charge in [-0.05, 0) is 52.1 Å². The third kappa shape index (κ3) is 8.23. The van der Waals surface area contributed by atoms with Gasteiger partial charge in [-0.15, -0.1) is 0 Å². The van der Waals surface area contributed by atoms with Crippen LogP contribution >= 0.6 is 0 Å². The molecule has 3 aliphatic rings. The minimum atomic E-state index is -4.88. The zero-order chi connectivity index (χ0) is 35.6. The molecule has 2 unspecified atom stereocenters. The van der Waals surface area contributed by atoms with Crippen molar-refractivity contribution in [2.75, 3.05) is 70.6 Å². The standard InChI is InChI=1S/C31H39F5N8O3.C2H6/c1-17-4-8-38-9-10-39-26-21-25(23(32)24(41-27(21)47-17)19-12-20(37)40-18(2)22(19)31(34,35)36)42-28(43-26)46-15-29(5-6-29)13-44-11-7-30(33,14-44)16-45-3;1-2/h12,17,38H,4-11,13-16H2,1-3H3,(H2,37,40)(H,39,42,43);1-2H3. The molecule has 16 heteroatoms. The van der Waals surface area contributed by atoms with Crippen LogP contribution in [0.3, 0.4) is 0 Å². The summed E-state index contributed by atoms with van der Waals surface area (Å²) in [6, 6.07) is 0.788. The second-order valence-corrected chi connectivity index (χ2v) is 12.9. The first-order chi connectivity index (χ1) is 23.3. The monoisotopic (exact) mass is 696 g/mol. The highest BCUT2D eigenvalue weighted by molar-refractivity contribution is 5.96. The van der Waals surface area contributed by atoms with Crippen molar-refractivity contribution in [1.82, 2.24) is 30.2 Å². The molecule has 0 bridgehead atoms. The van der Waals surface area contributed by atoms with Crippen molar-refractivity contribution in [1.29, 1.82) is 0 Å². The third-order valence-electron chi connectivity index (χ3n) is 8.93. The summed E-state index contributed by atoms with van der Waals surface area (Å²) in [7, 11) is 1.48. The largest absolute Gasteiger partial charge is 0.474 e. The predicted molar refractivity (Wildman–Crippen MR) is 176 cm³/mol. The highest BCUT2D eigenvalue weighted by Gasteiger charge is 2.48. The Morgan fingerprint density at radius 2 is 1.84 bits per heavy atom. The number of halogens is 5. The van der Waals surface area contributed by atoms with Crippen LogP contribution in [-0.4, -0.2) is 96.2 Å². The van der Waals surface area contributed by atoms with E-state index in [2.05, 4.69) is 35.5 Å². The molecule has 49 heavy (non-hydrogen) atoms. The molecule has 6 rings (SSSR count). The summed E-state index contributed by atoms with van der Waals surface area (Å²) in [5, 5.41) is 6.52. The molecule has 0 spiro atoms. The molecular weight excluding hydrogens is 651 g/mol. The molecule has 0 radical (unpaired) electrons. The molecule has 1 saturated carbocycles. The number of aromatic nitrogens is 4. The molecule has 2 aliphatic heterocycles.